The summed E-state index contributed by atoms with van der Waals surface area (Å²) in [6.07, 6.45) is 2.74. The zero-order chi connectivity index (χ0) is 26.8. The van der Waals surface area contributed by atoms with E-state index in [1.54, 1.807) is 24.3 Å². The van der Waals surface area contributed by atoms with Crippen molar-refractivity contribution in [1.29, 1.82) is 0 Å². The summed E-state index contributed by atoms with van der Waals surface area (Å²) >= 11 is 0. The molecule has 0 radical (unpaired) electrons. The Labute approximate surface area is 228 Å². The van der Waals surface area contributed by atoms with Crippen LogP contribution in [0.3, 0.4) is 0 Å². The number of nitrogens with zero attached hydrogens (tertiary/aromatic N) is 2. The molecule has 0 N–H and O–H groups in total. The van der Waals surface area contributed by atoms with E-state index in [9.17, 15) is 14.4 Å². The van der Waals surface area contributed by atoms with Gasteiger partial charge in [0.2, 0.25) is 5.91 Å². The number of hydrogen-bond acceptors (Lipinski definition) is 3. The molecule has 5 nitrogen and oxygen atoms in total. The van der Waals surface area contributed by atoms with Gasteiger partial charge < -0.3 is 4.90 Å². The Balaban J connectivity index is 1.38. The second-order valence-corrected chi connectivity index (χ2v) is 10.4. The molecule has 2 aliphatic rings. The van der Waals surface area contributed by atoms with Crippen molar-refractivity contribution in [1.82, 2.24) is 9.80 Å². The molecule has 2 atom stereocenters. The maximum absolute atomic E-state index is 14.2. The van der Waals surface area contributed by atoms with Gasteiger partial charge in [-0.3, -0.25) is 19.3 Å². The summed E-state index contributed by atoms with van der Waals surface area (Å²) in [5.74, 6) is -0.854. The van der Waals surface area contributed by atoms with E-state index in [-0.39, 0.29) is 24.4 Å². The quantitative estimate of drug-likeness (QED) is 0.291. The molecule has 4 aromatic carbocycles. The zero-order valence-corrected chi connectivity index (χ0v) is 21.7. The highest BCUT2D eigenvalue weighted by atomic mass is 16.2. The fraction of sp³-hybridized carbons (Fsp3) is 0.206. The van der Waals surface area contributed by atoms with Crippen molar-refractivity contribution in [3.63, 3.8) is 0 Å². The summed E-state index contributed by atoms with van der Waals surface area (Å²) in [5, 5.41) is 0. The monoisotopic (exact) mass is 514 g/mol. The van der Waals surface area contributed by atoms with Gasteiger partial charge in [-0.1, -0.05) is 97.1 Å². The number of amides is 3. The summed E-state index contributed by atoms with van der Waals surface area (Å²) < 4.78 is 0. The number of hydrogen-bond donors (Lipinski definition) is 0. The van der Waals surface area contributed by atoms with Gasteiger partial charge in [-0.2, -0.15) is 0 Å². The van der Waals surface area contributed by atoms with Crippen molar-refractivity contribution in [2.45, 2.75) is 31.8 Å². The number of carbonyl (C=O) groups is 3. The van der Waals surface area contributed by atoms with Crippen LogP contribution in [0, 0.1) is 5.92 Å². The third-order valence-electron chi connectivity index (χ3n) is 7.97. The van der Waals surface area contributed by atoms with E-state index in [1.165, 1.54) is 11.1 Å². The van der Waals surface area contributed by atoms with Crippen molar-refractivity contribution in [3.05, 3.63) is 143 Å². The molecule has 6 rings (SSSR count). The Morgan fingerprint density at radius 2 is 1.28 bits per heavy atom. The Hall–Kier alpha value is -4.51. The van der Waals surface area contributed by atoms with Crippen LogP contribution in [0.2, 0.25) is 0 Å². The predicted octanol–water partition coefficient (Wildman–Crippen LogP) is 5.86. The van der Waals surface area contributed by atoms with Crippen LogP contribution in [-0.4, -0.2) is 34.1 Å². The van der Waals surface area contributed by atoms with Crippen LogP contribution in [0.5, 0.6) is 0 Å². The lowest BCUT2D eigenvalue weighted by Gasteiger charge is -2.42. The zero-order valence-electron chi connectivity index (χ0n) is 21.7. The first kappa shape index (κ1) is 24.8. The Bertz CT molecular complexity index is 1480. The fourth-order valence-corrected chi connectivity index (χ4v) is 6.09. The van der Waals surface area contributed by atoms with Crippen LogP contribution in [0.15, 0.2) is 109 Å². The van der Waals surface area contributed by atoms with E-state index < -0.39 is 11.8 Å². The first-order valence-corrected chi connectivity index (χ1v) is 13.5. The minimum atomic E-state index is -0.409. The Morgan fingerprint density at radius 1 is 0.718 bits per heavy atom. The van der Waals surface area contributed by atoms with Crippen LogP contribution in [-0.2, 0) is 24.2 Å². The van der Waals surface area contributed by atoms with E-state index in [2.05, 4.69) is 42.5 Å². The fourth-order valence-electron chi connectivity index (χ4n) is 6.09. The van der Waals surface area contributed by atoms with Gasteiger partial charge in [-0.05, 0) is 59.6 Å². The third kappa shape index (κ3) is 4.88. The molecule has 0 saturated heterocycles. The average molecular weight is 515 g/mol. The lowest BCUT2D eigenvalue weighted by Crippen LogP contribution is -2.46. The molecule has 2 unspecified atom stereocenters. The molecule has 0 saturated carbocycles. The van der Waals surface area contributed by atoms with Gasteiger partial charge in [0.25, 0.3) is 11.8 Å². The highest BCUT2D eigenvalue weighted by molar-refractivity contribution is 6.22. The van der Waals surface area contributed by atoms with Crippen molar-refractivity contribution in [3.8, 4) is 0 Å². The number of rotatable bonds is 7. The molecular weight excluding hydrogens is 484 g/mol. The molecule has 1 heterocycles. The summed E-state index contributed by atoms with van der Waals surface area (Å²) in [6, 6.07) is 35.3. The highest BCUT2D eigenvalue weighted by Gasteiger charge is 2.40. The third-order valence-corrected chi connectivity index (χ3v) is 7.97. The van der Waals surface area contributed by atoms with Crippen molar-refractivity contribution in [2.24, 2.45) is 5.92 Å². The molecule has 194 valence electrons. The number of benzene rings is 4. The summed E-state index contributed by atoms with van der Waals surface area (Å²) in [4.78, 5) is 43.5. The van der Waals surface area contributed by atoms with Gasteiger partial charge in [0.1, 0.15) is 6.54 Å². The number of carbonyl (C=O) groups excluding carboxylic acids is 3. The van der Waals surface area contributed by atoms with Gasteiger partial charge in [0.05, 0.1) is 17.2 Å². The molecule has 0 fully saturated rings. The second kappa shape index (κ2) is 10.7. The van der Waals surface area contributed by atoms with E-state index in [4.69, 9.17) is 0 Å². The Kier molecular flexibility index (Phi) is 6.80. The van der Waals surface area contributed by atoms with Crippen LogP contribution < -0.4 is 0 Å². The maximum Gasteiger partial charge on any atom is 0.262 e. The van der Waals surface area contributed by atoms with Crippen molar-refractivity contribution in [2.75, 3.05) is 6.54 Å². The van der Waals surface area contributed by atoms with Gasteiger partial charge in [-0.15, -0.1) is 0 Å². The second-order valence-electron chi connectivity index (χ2n) is 10.4. The van der Waals surface area contributed by atoms with E-state index in [0.29, 0.717) is 17.7 Å². The lowest BCUT2D eigenvalue weighted by molar-refractivity contribution is -0.136. The highest BCUT2D eigenvalue weighted by Crippen LogP contribution is 2.41. The Morgan fingerprint density at radius 3 is 1.95 bits per heavy atom. The topological polar surface area (TPSA) is 57.7 Å². The van der Waals surface area contributed by atoms with E-state index >= 15 is 0 Å². The number of imide groups is 1. The van der Waals surface area contributed by atoms with Gasteiger partial charge in [-0.25, -0.2) is 0 Å². The molecule has 1 aliphatic carbocycles. The van der Waals surface area contributed by atoms with E-state index in [0.717, 1.165) is 35.3 Å². The van der Waals surface area contributed by atoms with Crippen LogP contribution in [0.1, 0.15) is 55.4 Å². The molecule has 0 bridgehead atoms. The average Bonchev–Trinajstić information content (AvgIpc) is 3.22. The maximum atomic E-state index is 14.2. The molecule has 4 aromatic rings. The van der Waals surface area contributed by atoms with Gasteiger partial charge in [0, 0.05) is 6.54 Å². The molecular formula is C34H30N2O3. The summed E-state index contributed by atoms with van der Waals surface area (Å²) in [5.41, 5.74) is 5.36. The molecule has 0 spiro atoms. The van der Waals surface area contributed by atoms with Gasteiger partial charge >= 0.3 is 0 Å². The van der Waals surface area contributed by atoms with Gasteiger partial charge in [0.15, 0.2) is 0 Å². The molecule has 0 aromatic heterocycles. The van der Waals surface area contributed by atoms with Crippen LogP contribution in [0.4, 0.5) is 0 Å². The predicted molar refractivity (Wildman–Crippen MR) is 150 cm³/mol. The minimum Gasteiger partial charge on any atom is -0.329 e. The first-order chi connectivity index (χ1) is 19.1. The molecule has 1 aliphatic heterocycles. The number of fused-ring (bicyclic) bond motifs is 2. The van der Waals surface area contributed by atoms with Crippen molar-refractivity contribution >= 4 is 17.7 Å². The standard InChI is InChI=1S/C34H30N2O3/c37-31(23-36-33(38)29-17-9-10-18-30(29)34(36)39)35(22-25-13-5-2-6-14-25)32-27(21-24-11-3-1-4-12-24)20-19-26-15-7-8-16-28(26)32/h1-18,27,32H,19-23H2. The largest absolute Gasteiger partial charge is 0.329 e. The van der Waals surface area contributed by atoms with E-state index in [1.807, 2.05) is 47.4 Å². The van der Waals surface area contributed by atoms with Crippen LogP contribution >= 0.6 is 0 Å². The smallest absolute Gasteiger partial charge is 0.262 e. The minimum absolute atomic E-state index is 0.182. The lowest BCUT2D eigenvalue weighted by atomic mass is 9.76. The first-order valence-electron chi connectivity index (χ1n) is 13.5. The summed E-state index contributed by atoms with van der Waals surface area (Å²) in [7, 11) is 0. The molecule has 3 amide bonds. The normalized spacial score (nSPS) is 18.0. The summed E-state index contributed by atoms with van der Waals surface area (Å²) in [6.45, 7) is 0.114. The molecule has 39 heavy (non-hydrogen) atoms. The number of aryl methyl sites for hydroxylation is 1. The van der Waals surface area contributed by atoms with Crippen molar-refractivity contribution < 1.29 is 14.4 Å². The molecule has 5 heteroatoms. The van der Waals surface area contributed by atoms with Crippen LogP contribution in [0.25, 0.3) is 0 Å². The SMILES string of the molecule is O=C1c2ccccc2C(=O)N1CC(=O)N(Cc1ccccc1)C1c2ccccc2CCC1Cc1ccccc1.